The molecule has 0 aliphatic carbocycles. The summed E-state index contributed by atoms with van der Waals surface area (Å²) in [5.74, 6) is 0. The normalized spacial score (nSPS) is 48.2. The number of nitrogens with two attached hydrogens (primary N) is 1. The van der Waals surface area contributed by atoms with Gasteiger partial charge in [-0.1, -0.05) is 0 Å². The fourth-order valence-electron chi connectivity index (χ4n) is 4.38. The van der Waals surface area contributed by atoms with Crippen molar-refractivity contribution in [3.63, 3.8) is 0 Å². The maximum absolute atomic E-state index is 10.9. The molecular formula is C21H39NO14. The van der Waals surface area contributed by atoms with Gasteiger partial charge in [-0.2, -0.15) is 0 Å². The Balaban J connectivity index is 1.85. The fourth-order valence-corrected chi connectivity index (χ4v) is 4.38. The predicted molar refractivity (Wildman–Crippen MR) is 116 cm³/mol. The van der Waals surface area contributed by atoms with Gasteiger partial charge in [0.2, 0.25) is 0 Å². The van der Waals surface area contributed by atoms with Gasteiger partial charge in [0, 0.05) is 6.42 Å². The van der Waals surface area contributed by atoms with E-state index >= 15 is 0 Å². The molecule has 0 aromatic rings. The lowest BCUT2D eigenvalue weighted by atomic mass is 9.96. The van der Waals surface area contributed by atoms with Crippen molar-refractivity contribution in [2.24, 2.45) is 5.73 Å². The van der Waals surface area contributed by atoms with Crippen LogP contribution in [0.4, 0.5) is 0 Å². The van der Waals surface area contributed by atoms with E-state index in [9.17, 15) is 40.9 Å². The van der Waals surface area contributed by atoms with Crippen LogP contribution in [0.2, 0.25) is 0 Å². The van der Waals surface area contributed by atoms with E-state index in [-0.39, 0.29) is 13.0 Å². The molecule has 10 N–H and O–H groups in total. The number of rotatable bonds is 10. The average Bonchev–Trinajstić information content (AvgIpc) is 2.85. The molecule has 5 unspecified atom stereocenters. The number of hydrogen-bond donors (Lipinski definition) is 9. The minimum atomic E-state index is -1.77. The summed E-state index contributed by atoms with van der Waals surface area (Å²) in [4.78, 5) is 0. The quantitative estimate of drug-likeness (QED) is 0.120. The maximum Gasteiger partial charge on any atom is 0.187 e. The highest BCUT2D eigenvalue weighted by Gasteiger charge is 2.53. The summed E-state index contributed by atoms with van der Waals surface area (Å²) in [5.41, 5.74) is 5.53. The predicted octanol–water partition coefficient (Wildman–Crippen LogP) is -5.14. The van der Waals surface area contributed by atoms with E-state index < -0.39 is 99.2 Å². The van der Waals surface area contributed by atoms with Gasteiger partial charge >= 0.3 is 0 Å². The second-order valence-corrected chi connectivity index (χ2v) is 9.19. The van der Waals surface area contributed by atoms with E-state index in [1.54, 1.807) is 0 Å². The van der Waals surface area contributed by atoms with E-state index in [0.717, 1.165) is 0 Å². The molecule has 0 spiro atoms. The Hall–Kier alpha value is -0.600. The smallest absolute Gasteiger partial charge is 0.187 e. The standard InChI is InChI=1S/C21H39NO14/c1-8-13(26)9(25)5-12(32-8)35-19-18(15(28)11(7-24)34-21(19)31-4-2-3-22)36-20-17(30)16(29)14(27)10(6-23)33-20/h8-21,23-30H,2-7,22H2,1H3/t8?,9-,10?,11?,12-,13-,14-,15-,16?,17+,18?,19+,20-,21+/m0/s1. The number of ether oxygens (including phenoxy) is 6. The third-order valence-corrected chi connectivity index (χ3v) is 6.55. The number of hydrogen-bond acceptors (Lipinski definition) is 15. The first kappa shape index (κ1) is 29.9. The van der Waals surface area contributed by atoms with Crippen LogP contribution < -0.4 is 5.73 Å². The third-order valence-electron chi connectivity index (χ3n) is 6.55. The van der Waals surface area contributed by atoms with Crippen LogP contribution in [0.15, 0.2) is 0 Å². The molecule has 212 valence electrons. The Labute approximate surface area is 207 Å². The molecule has 3 saturated heterocycles. The molecule has 0 aromatic heterocycles. The first-order valence-corrected chi connectivity index (χ1v) is 12.0. The van der Waals surface area contributed by atoms with Gasteiger partial charge in [-0.25, -0.2) is 0 Å². The molecule has 3 aliphatic rings. The monoisotopic (exact) mass is 529 g/mol. The molecule has 3 aliphatic heterocycles. The van der Waals surface area contributed by atoms with Gasteiger partial charge in [0.25, 0.3) is 0 Å². The summed E-state index contributed by atoms with van der Waals surface area (Å²) in [5, 5.41) is 80.9. The molecule has 3 heterocycles. The largest absolute Gasteiger partial charge is 0.394 e. The minimum Gasteiger partial charge on any atom is -0.394 e. The number of aliphatic hydroxyl groups is 8. The van der Waals surface area contributed by atoms with Crippen molar-refractivity contribution in [1.29, 1.82) is 0 Å². The van der Waals surface area contributed by atoms with Crippen LogP contribution in [0, 0.1) is 0 Å². The molecule has 3 fully saturated rings. The molecule has 15 heteroatoms. The summed E-state index contributed by atoms with van der Waals surface area (Å²) in [6.07, 6.45) is -18.6. The average molecular weight is 530 g/mol. The molecule has 0 saturated carbocycles. The van der Waals surface area contributed by atoms with E-state index in [1.807, 2.05) is 0 Å². The molecule has 0 radical (unpaired) electrons. The van der Waals surface area contributed by atoms with E-state index in [4.69, 9.17) is 34.2 Å². The summed E-state index contributed by atoms with van der Waals surface area (Å²) < 4.78 is 34.2. The maximum atomic E-state index is 10.9. The second-order valence-electron chi connectivity index (χ2n) is 9.19. The van der Waals surface area contributed by atoms with E-state index in [2.05, 4.69) is 0 Å². The fraction of sp³-hybridized carbons (Fsp3) is 1.00. The molecule has 36 heavy (non-hydrogen) atoms. The molecule has 0 bridgehead atoms. The molecule has 15 nitrogen and oxygen atoms in total. The zero-order chi connectivity index (χ0) is 26.6. The van der Waals surface area contributed by atoms with Crippen LogP contribution in [-0.2, 0) is 28.4 Å². The highest BCUT2D eigenvalue weighted by molar-refractivity contribution is 4.95. The lowest BCUT2D eigenvalue weighted by Gasteiger charge is -2.48. The minimum absolute atomic E-state index is 0.116. The molecular weight excluding hydrogens is 490 g/mol. The van der Waals surface area contributed by atoms with Crippen LogP contribution in [0.5, 0.6) is 0 Å². The lowest BCUT2D eigenvalue weighted by Crippen LogP contribution is -2.66. The van der Waals surface area contributed by atoms with Crippen LogP contribution >= 0.6 is 0 Å². The first-order valence-electron chi connectivity index (χ1n) is 12.0. The van der Waals surface area contributed by atoms with Crippen LogP contribution in [0.3, 0.4) is 0 Å². The Bertz CT molecular complexity index is 648. The van der Waals surface area contributed by atoms with Gasteiger partial charge in [-0.3, -0.25) is 0 Å². The van der Waals surface area contributed by atoms with E-state index in [0.29, 0.717) is 13.0 Å². The number of aliphatic hydroxyl groups excluding tert-OH is 8. The van der Waals surface area contributed by atoms with E-state index in [1.165, 1.54) is 6.92 Å². The van der Waals surface area contributed by atoms with Gasteiger partial charge in [-0.05, 0) is 19.9 Å². The molecule has 0 aromatic carbocycles. The summed E-state index contributed by atoms with van der Waals surface area (Å²) >= 11 is 0. The summed E-state index contributed by atoms with van der Waals surface area (Å²) in [6.45, 7) is 0.628. The van der Waals surface area contributed by atoms with Crippen LogP contribution in [-0.4, -0.2) is 153 Å². The second kappa shape index (κ2) is 13.5. The van der Waals surface area contributed by atoms with Gasteiger partial charge < -0.3 is 75.0 Å². The Kier molecular flexibility index (Phi) is 11.2. The zero-order valence-corrected chi connectivity index (χ0v) is 19.9. The summed E-state index contributed by atoms with van der Waals surface area (Å²) in [6, 6.07) is 0. The molecule has 14 atom stereocenters. The van der Waals surface area contributed by atoms with Gasteiger partial charge in [0.1, 0.15) is 54.9 Å². The SMILES string of the molecule is CC1O[C@@H](O[C@@H]2C(O[C@@H]3OC(CO)[C@H](O)C(O)[C@H]3O)[C@@H](O)C(CO)O[C@H]2OCCCN)C[C@H](O)[C@H]1O. The van der Waals surface area contributed by atoms with Crippen LogP contribution in [0.1, 0.15) is 19.8 Å². The van der Waals surface area contributed by atoms with Crippen molar-refractivity contribution in [2.45, 2.75) is 106 Å². The Morgan fingerprint density at radius 2 is 1.39 bits per heavy atom. The topological polar surface area (TPSA) is 243 Å². The lowest BCUT2D eigenvalue weighted by molar-refractivity contribution is -0.382. The Morgan fingerprint density at radius 3 is 2.00 bits per heavy atom. The summed E-state index contributed by atoms with van der Waals surface area (Å²) in [7, 11) is 0. The zero-order valence-electron chi connectivity index (χ0n) is 19.9. The van der Waals surface area contributed by atoms with Gasteiger partial charge in [0.05, 0.1) is 32.0 Å². The van der Waals surface area contributed by atoms with Crippen molar-refractivity contribution in [2.75, 3.05) is 26.4 Å². The van der Waals surface area contributed by atoms with Crippen molar-refractivity contribution < 1.29 is 69.3 Å². The molecule has 0 amide bonds. The van der Waals surface area contributed by atoms with Gasteiger partial charge in [0.15, 0.2) is 18.9 Å². The molecule has 3 rings (SSSR count). The Morgan fingerprint density at radius 1 is 0.750 bits per heavy atom. The van der Waals surface area contributed by atoms with Crippen molar-refractivity contribution in [3.05, 3.63) is 0 Å². The third kappa shape index (κ3) is 6.69. The highest BCUT2D eigenvalue weighted by atomic mass is 16.8. The van der Waals surface area contributed by atoms with Crippen LogP contribution in [0.25, 0.3) is 0 Å². The van der Waals surface area contributed by atoms with Crippen molar-refractivity contribution in [1.82, 2.24) is 0 Å². The van der Waals surface area contributed by atoms with Crippen molar-refractivity contribution in [3.8, 4) is 0 Å². The van der Waals surface area contributed by atoms with Gasteiger partial charge in [-0.15, -0.1) is 0 Å². The first-order chi connectivity index (χ1) is 17.1. The van der Waals surface area contributed by atoms with Crippen molar-refractivity contribution >= 4 is 0 Å². The highest BCUT2D eigenvalue weighted by Crippen LogP contribution is 2.33.